The molecule has 0 bridgehead atoms. The summed E-state index contributed by atoms with van der Waals surface area (Å²) in [4.78, 5) is 5.27. The third-order valence-electron chi connectivity index (χ3n) is 4.30. The van der Waals surface area contributed by atoms with E-state index in [0.717, 1.165) is 19.1 Å². The van der Waals surface area contributed by atoms with Crippen LogP contribution in [0.25, 0.3) is 0 Å². The minimum Gasteiger partial charge on any atom is -0.374 e. The van der Waals surface area contributed by atoms with E-state index in [1.165, 1.54) is 32.5 Å². The maximum Gasteiger partial charge on any atom is 0.0870 e. The fraction of sp³-hybridized carbons (Fsp3) is 1.00. The normalized spacial score (nSPS) is 36.9. The Labute approximate surface area is 98.7 Å². The predicted octanol–water partition coefficient (Wildman–Crippen LogP) is 1.19. The molecule has 92 valence electrons. The van der Waals surface area contributed by atoms with E-state index in [-0.39, 0.29) is 0 Å². The standard InChI is InChI=1S/C13H24N2O/c1-10(2)15-5-6-16-13-9-14(8-12(13)15)7-11-3-4-11/h10-13H,3-9H2,1-2H3/t12-,13+/m0/s1. The molecule has 16 heavy (non-hydrogen) atoms. The van der Waals surface area contributed by atoms with Crippen LogP contribution in [0.4, 0.5) is 0 Å². The van der Waals surface area contributed by atoms with Crippen molar-refractivity contribution in [3.8, 4) is 0 Å². The van der Waals surface area contributed by atoms with Gasteiger partial charge in [0.25, 0.3) is 0 Å². The van der Waals surface area contributed by atoms with E-state index < -0.39 is 0 Å². The monoisotopic (exact) mass is 224 g/mol. The summed E-state index contributed by atoms with van der Waals surface area (Å²) in [5, 5.41) is 0. The second-order valence-electron chi connectivity index (χ2n) is 5.97. The van der Waals surface area contributed by atoms with Crippen LogP contribution < -0.4 is 0 Å². The number of fused-ring (bicyclic) bond motifs is 1. The van der Waals surface area contributed by atoms with E-state index in [2.05, 4.69) is 23.6 Å². The lowest BCUT2D eigenvalue weighted by atomic mass is 10.1. The summed E-state index contributed by atoms with van der Waals surface area (Å²) in [7, 11) is 0. The van der Waals surface area contributed by atoms with Gasteiger partial charge in [-0.05, 0) is 32.6 Å². The molecular weight excluding hydrogens is 200 g/mol. The molecule has 3 nitrogen and oxygen atoms in total. The molecule has 2 heterocycles. The Morgan fingerprint density at radius 2 is 2.06 bits per heavy atom. The largest absolute Gasteiger partial charge is 0.374 e. The van der Waals surface area contributed by atoms with Crippen molar-refractivity contribution in [2.75, 3.05) is 32.8 Å². The highest BCUT2D eigenvalue weighted by atomic mass is 16.5. The van der Waals surface area contributed by atoms with Crippen LogP contribution in [-0.2, 0) is 4.74 Å². The van der Waals surface area contributed by atoms with Crippen LogP contribution in [0.5, 0.6) is 0 Å². The summed E-state index contributed by atoms with van der Waals surface area (Å²) in [6.07, 6.45) is 3.40. The number of nitrogens with zero attached hydrogens (tertiary/aromatic N) is 2. The van der Waals surface area contributed by atoms with Crippen LogP contribution >= 0.6 is 0 Å². The van der Waals surface area contributed by atoms with Gasteiger partial charge >= 0.3 is 0 Å². The second kappa shape index (κ2) is 4.28. The molecule has 1 saturated carbocycles. The molecule has 0 radical (unpaired) electrons. The van der Waals surface area contributed by atoms with Crippen molar-refractivity contribution in [3.63, 3.8) is 0 Å². The zero-order valence-electron chi connectivity index (χ0n) is 10.6. The quantitative estimate of drug-likeness (QED) is 0.716. The lowest BCUT2D eigenvalue weighted by Crippen LogP contribution is -2.53. The van der Waals surface area contributed by atoms with Crippen molar-refractivity contribution in [2.24, 2.45) is 5.92 Å². The van der Waals surface area contributed by atoms with Gasteiger partial charge in [0.2, 0.25) is 0 Å². The first-order valence-corrected chi connectivity index (χ1v) is 6.83. The lowest BCUT2D eigenvalue weighted by molar-refractivity contribution is -0.0583. The topological polar surface area (TPSA) is 15.7 Å². The maximum atomic E-state index is 5.93. The number of ether oxygens (including phenoxy) is 1. The number of rotatable bonds is 3. The van der Waals surface area contributed by atoms with Gasteiger partial charge < -0.3 is 4.74 Å². The molecule has 0 aromatic heterocycles. The first-order valence-electron chi connectivity index (χ1n) is 6.83. The fourth-order valence-corrected chi connectivity index (χ4v) is 3.25. The summed E-state index contributed by atoms with van der Waals surface area (Å²) in [5.74, 6) is 1.01. The first-order chi connectivity index (χ1) is 7.74. The molecule has 0 N–H and O–H groups in total. The van der Waals surface area contributed by atoms with Crippen LogP contribution in [0.3, 0.4) is 0 Å². The molecule has 0 amide bonds. The Bertz CT molecular complexity index is 252. The Morgan fingerprint density at radius 1 is 1.25 bits per heavy atom. The smallest absolute Gasteiger partial charge is 0.0870 e. The Balaban J connectivity index is 1.62. The summed E-state index contributed by atoms with van der Waals surface area (Å²) in [6.45, 7) is 10.4. The van der Waals surface area contributed by atoms with Gasteiger partial charge in [0.1, 0.15) is 0 Å². The summed E-state index contributed by atoms with van der Waals surface area (Å²) in [6, 6.07) is 1.32. The maximum absolute atomic E-state index is 5.93. The van der Waals surface area contributed by atoms with Crippen molar-refractivity contribution in [2.45, 2.75) is 44.9 Å². The van der Waals surface area contributed by atoms with E-state index in [4.69, 9.17) is 4.74 Å². The van der Waals surface area contributed by atoms with Crippen LogP contribution in [0.1, 0.15) is 26.7 Å². The Morgan fingerprint density at radius 3 is 2.75 bits per heavy atom. The van der Waals surface area contributed by atoms with Gasteiger partial charge in [-0.25, -0.2) is 0 Å². The molecule has 3 heteroatoms. The molecule has 0 spiro atoms. The number of hydrogen-bond acceptors (Lipinski definition) is 3. The zero-order chi connectivity index (χ0) is 11.1. The van der Waals surface area contributed by atoms with E-state index >= 15 is 0 Å². The van der Waals surface area contributed by atoms with Crippen molar-refractivity contribution in [1.29, 1.82) is 0 Å². The summed E-state index contributed by atoms with van der Waals surface area (Å²) >= 11 is 0. The van der Waals surface area contributed by atoms with Gasteiger partial charge in [0, 0.05) is 32.2 Å². The van der Waals surface area contributed by atoms with Gasteiger partial charge in [-0.3, -0.25) is 9.80 Å². The molecule has 0 unspecified atom stereocenters. The van der Waals surface area contributed by atoms with E-state index in [9.17, 15) is 0 Å². The molecular formula is C13H24N2O. The summed E-state index contributed by atoms with van der Waals surface area (Å²) in [5.41, 5.74) is 0. The minimum atomic E-state index is 0.481. The zero-order valence-corrected chi connectivity index (χ0v) is 10.6. The highest BCUT2D eigenvalue weighted by molar-refractivity contribution is 4.96. The summed E-state index contributed by atoms with van der Waals surface area (Å²) < 4.78 is 5.93. The molecule has 3 rings (SSSR count). The molecule has 2 aliphatic heterocycles. The van der Waals surface area contributed by atoms with Crippen LogP contribution in [0.15, 0.2) is 0 Å². The van der Waals surface area contributed by atoms with E-state index in [1.54, 1.807) is 0 Å². The Kier molecular flexibility index (Phi) is 2.94. The third kappa shape index (κ3) is 2.13. The van der Waals surface area contributed by atoms with Crippen LogP contribution in [0.2, 0.25) is 0 Å². The molecule has 1 aliphatic carbocycles. The molecule has 0 aromatic rings. The highest BCUT2D eigenvalue weighted by Crippen LogP contribution is 2.32. The lowest BCUT2D eigenvalue weighted by Gasteiger charge is -2.39. The molecule has 3 fully saturated rings. The van der Waals surface area contributed by atoms with Crippen LogP contribution in [-0.4, -0.2) is 60.8 Å². The van der Waals surface area contributed by atoms with Gasteiger partial charge in [0.15, 0.2) is 0 Å². The average Bonchev–Trinajstić information content (AvgIpc) is 2.95. The second-order valence-corrected chi connectivity index (χ2v) is 5.97. The molecule has 0 aromatic carbocycles. The van der Waals surface area contributed by atoms with Gasteiger partial charge in [-0.2, -0.15) is 0 Å². The van der Waals surface area contributed by atoms with E-state index in [1.807, 2.05) is 0 Å². The van der Waals surface area contributed by atoms with Crippen LogP contribution in [0, 0.1) is 5.92 Å². The number of hydrogen-bond donors (Lipinski definition) is 0. The predicted molar refractivity (Wildman–Crippen MR) is 64.5 cm³/mol. The molecule has 3 aliphatic rings. The number of morpholine rings is 1. The first kappa shape index (κ1) is 11.0. The molecule has 2 atom stereocenters. The van der Waals surface area contributed by atoms with Gasteiger partial charge in [-0.15, -0.1) is 0 Å². The SMILES string of the molecule is CC(C)N1CCO[C@@H]2CN(CC3CC3)C[C@@H]21. The third-order valence-corrected chi connectivity index (χ3v) is 4.30. The van der Waals surface area contributed by atoms with Crippen molar-refractivity contribution < 1.29 is 4.74 Å². The van der Waals surface area contributed by atoms with E-state index in [0.29, 0.717) is 18.2 Å². The average molecular weight is 224 g/mol. The van der Waals surface area contributed by atoms with Crippen molar-refractivity contribution >= 4 is 0 Å². The van der Waals surface area contributed by atoms with Crippen molar-refractivity contribution in [1.82, 2.24) is 9.80 Å². The fourth-order valence-electron chi connectivity index (χ4n) is 3.25. The Hall–Kier alpha value is -0.120. The highest BCUT2D eigenvalue weighted by Gasteiger charge is 2.41. The van der Waals surface area contributed by atoms with Crippen molar-refractivity contribution in [3.05, 3.63) is 0 Å². The molecule has 2 saturated heterocycles. The number of likely N-dealkylation sites (tertiary alicyclic amines) is 1. The van der Waals surface area contributed by atoms with Gasteiger partial charge in [0.05, 0.1) is 18.8 Å². The minimum absolute atomic E-state index is 0.481. The van der Waals surface area contributed by atoms with Gasteiger partial charge in [-0.1, -0.05) is 0 Å².